The molecule has 2 heterocycles. The van der Waals surface area contributed by atoms with Crippen LogP contribution in [0.4, 0.5) is 0 Å². The maximum Gasteiger partial charge on any atom is 0.297 e. The van der Waals surface area contributed by atoms with E-state index in [-0.39, 0.29) is 5.03 Å². The van der Waals surface area contributed by atoms with Crippen LogP contribution < -0.4 is 5.73 Å². The Morgan fingerprint density at radius 3 is 2.53 bits per heavy atom. The van der Waals surface area contributed by atoms with Gasteiger partial charge < -0.3 is 5.73 Å². The molecule has 0 unspecified atom stereocenters. The molecule has 0 aromatic heterocycles. The second kappa shape index (κ2) is 3.94. The molecule has 0 aromatic carbocycles. The number of hydrogen-bond donors (Lipinski definition) is 1. The Kier molecular flexibility index (Phi) is 2.79. The predicted octanol–water partition coefficient (Wildman–Crippen LogP) is 0.0568. The maximum atomic E-state index is 11.2. The fourth-order valence-corrected chi connectivity index (χ4v) is 2.72. The van der Waals surface area contributed by atoms with E-state index in [1.165, 1.54) is 25.5 Å². The molecule has 0 aliphatic carbocycles. The molecule has 0 spiro atoms. The minimum atomic E-state index is -3.52. The molecular weight excluding hydrogens is 214 g/mol. The summed E-state index contributed by atoms with van der Waals surface area (Å²) in [4.78, 5) is 2.22. The Labute approximate surface area is 89.7 Å². The summed E-state index contributed by atoms with van der Waals surface area (Å²) in [6.07, 6.45) is 4.99. The van der Waals surface area contributed by atoms with Crippen LogP contribution in [0.5, 0.6) is 0 Å². The summed E-state index contributed by atoms with van der Waals surface area (Å²) in [6.45, 7) is 2.64. The van der Waals surface area contributed by atoms with Crippen molar-refractivity contribution in [2.45, 2.75) is 19.3 Å². The normalized spacial score (nSPS) is 26.1. The van der Waals surface area contributed by atoms with Gasteiger partial charge in [-0.2, -0.15) is 12.8 Å². The lowest BCUT2D eigenvalue weighted by Crippen LogP contribution is -2.32. The molecule has 84 valence electrons. The highest BCUT2D eigenvalue weighted by Crippen LogP contribution is 2.17. The molecule has 0 atom stereocenters. The monoisotopic (exact) mass is 229 g/mol. The van der Waals surface area contributed by atoms with Gasteiger partial charge in [-0.05, 0) is 25.9 Å². The van der Waals surface area contributed by atoms with Crippen molar-refractivity contribution in [2.24, 2.45) is 10.1 Å². The van der Waals surface area contributed by atoms with E-state index < -0.39 is 10.0 Å². The average molecular weight is 229 g/mol. The summed E-state index contributed by atoms with van der Waals surface area (Å²) in [7, 11) is -3.52. The third kappa shape index (κ3) is 2.21. The van der Waals surface area contributed by atoms with Gasteiger partial charge in [0.2, 0.25) is 0 Å². The first-order valence-electron chi connectivity index (χ1n) is 5.11. The summed E-state index contributed by atoms with van der Waals surface area (Å²) < 4.78 is 25.8. The zero-order valence-corrected chi connectivity index (χ0v) is 9.33. The Balaban J connectivity index is 2.07. The van der Waals surface area contributed by atoms with Gasteiger partial charge in [-0.25, -0.2) is 0 Å². The van der Waals surface area contributed by atoms with E-state index in [1.54, 1.807) is 0 Å². The first kappa shape index (κ1) is 10.6. The Hall–Kier alpha value is -0.880. The fraction of sp³-hybridized carbons (Fsp3) is 0.667. The average Bonchev–Trinajstić information content (AvgIpc) is 2.47. The highest BCUT2D eigenvalue weighted by atomic mass is 32.2. The van der Waals surface area contributed by atoms with E-state index in [2.05, 4.69) is 9.30 Å². The Morgan fingerprint density at radius 1 is 1.33 bits per heavy atom. The number of likely N-dealkylation sites (tertiary alicyclic amines) is 1. The van der Waals surface area contributed by atoms with Crippen molar-refractivity contribution in [2.75, 3.05) is 19.6 Å². The molecule has 2 rings (SSSR count). The molecule has 2 aliphatic rings. The molecule has 0 saturated carbocycles. The zero-order valence-electron chi connectivity index (χ0n) is 8.52. The number of nitrogens with zero attached hydrogens (tertiary/aromatic N) is 2. The fourth-order valence-electron chi connectivity index (χ4n) is 1.90. The number of sulfonamides is 1. The third-order valence-electron chi connectivity index (χ3n) is 2.78. The molecule has 5 nitrogen and oxygen atoms in total. The van der Waals surface area contributed by atoms with Crippen LogP contribution in [0.15, 0.2) is 15.0 Å². The third-order valence-corrected chi connectivity index (χ3v) is 3.99. The molecule has 1 fully saturated rings. The highest BCUT2D eigenvalue weighted by Gasteiger charge is 2.24. The number of piperidine rings is 1. The molecule has 0 bridgehead atoms. The Bertz CT molecular complexity index is 405. The van der Waals surface area contributed by atoms with E-state index in [1.807, 2.05) is 0 Å². The molecule has 6 heteroatoms. The van der Waals surface area contributed by atoms with Crippen molar-refractivity contribution in [3.8, 4) is 0 Å². The van der Waals surface area contributed by atoms with Gasteiger partial charge in [0.05, 0.1) is 0 Å². The first-order valence-corrected chi connectivity index (χ1v) is 6.55. The van der Waals surface area contributed by atoms with E-state index in [0.29, 0.717) is 12.1 Å². The SMILES string of the molecule is NC1=C(CN2CCCCC2)C=NS1(=O)=O. The number of rotatable bonds is 2. The van der Waals surface area contributed by atoms with Crippen LogP contribution in [0.2, 0.25) is 0 Å². The van der Waals surface area contributed by atoms with E-state index in [4.69, 9.17) is 5.73 Å². The Morgan fingerprint density at radius 2 is 2.00 bits per heavy atom. The maximum absolute atomic E-state index is 11.2. The van der Waals surface area contributed by atoms with Gasteiger partial charge >= 0.3 is 0 Å². The topological polar surface area (TPSA) is 75.8 Å². The predicted molar refractivity (Wildman–Crippen MR) is 58.9 cm³/mol. The van der Waals surface area contributed by atoms with Crippen LogP contribution in [0, 0.1) is 0 Å². The molecule has 0 aromatic rings. The lowest BCUT2D eigenvalue weighted by atomic mass is 10.1. The molecule has 0 radical (unpaired) electrons. The summed E-state index contributed by atoms with van der Waals surface area (Å²) in [5.74, 6) is 0. The quantitative estimate of drug-likeness (QED) is 0.726. The van der Waals surface area contributed by atoms with Gasteiger partial charge in [-0.3, -0.25) is 4.90 Å². The smallest absolute Gasteiger partial charge is 0.297 e. The standard InChI is InChI=1S/C9H15N3O2S/c10-9-8(6-11-15(9,13)14)7-12-4-2-1-3-5-12/h6H,1-5,7,10H2. The number of hydrogen-bond acceptors (Lipinski definition) is 4. The van der Waals surface area contributed by atoms with Gasteiger partial charge in [-0.15, -0.1) is 0 Å². The van der Waals surface area contributed by atoms with Crippen LogP contribution >= 0.6 is 0 Å². The van der Waals surface area contributed by atoms with Crippen LogP contribution in [0.25, 0.3) is 0 Å². The van der Waals surface area contributed by atoms with Gasteiger partial charge in [0.1, 0.15) is 0 Å². The van der Waals surface area contributed by atoms with Gasteiger partial charge in [-0.1, -0.05) is 6.42 Å². The largest absolute Gasteiger partial charge is 0.388 e. The van der Waals surface area contributed by atoms with Crippen molar-refractivity contribution in [1.82, 2.24) is 4.90 Å². The minimum Gasteiger partial charge on any atom is -0.388 e. The lowest BCUT2D eigenvalue weighted by molar-refractivity contribution is 0.249. The van der Waals surface area contributed by atoms with Gasteiger partial charge in [0, 0.05) is 18.3 Å². The molecule has 2 N–H and O–H groups in total. The summed E-state index contributed by atoms with van der Waals surface area (Å²) in [6, 6.07) is 0. The van der Waals surface area contributed by atoms with Crippen molar-refractivity contribution in [1.29, 1.82) is 0 Å². The first-order chi connectivity index (χ1) is 7.09. The summed E-state index contributed by atoms with van der Waals surface area (Å²) in [5.41, 5.74) is 6.15. The van der Waals surface area contributed by atoms with Crippen LogP contribution in [0.1, 0.15) is 19.3 Å². The van der Waals surface area contributed by atoms with E-state index in [9.17, 15) is 8.42 Å². The second-order valence-electron chi connectivity index (χ2n) is 3.94. The van der Waals surface area contributed by atoms with E-state index >= 15 is 0 Å². The van der Waals surface area contributed by atoms with E-state index in [0.717, 1.165) is 13.1 Å². The van der Waals surface area contributed by atoms with Gasteiger partial charge in [0.25, 0.3) is 10.0 Å². The minimum absolute atomic E-state index is 0.0759. The molecule has 2 aliphatic heterocycles. The van der Waals surface area contributed by atoms with Crippen LogP contribution in [0.3, 0.4) is 0 Å². The molecule has 0 amide bonds. The molecular formula is C9H15N3O2S. The lowest BCUT2D eigenvalue weighted by Gasteiger charge is -2.26. The highest BCUT2D eigenvalue weighted by molar-refractivity contribution is 7.94. The van der Waals surface area contributed by atoms with Crippen molar-refractivity contribution in [3.05, 3.63) is 10.6 Å². The second-order valence-corrected chi connectivity index (χ2v) is 5.54. The zero-order chi connectivity index (χ0) is 10.9. The van der Waals surface area contributed by atoms with Crippen molar-refractivity contribution < 1.29 is 8.42 Å². The van der Waals surface area contributed by atoms with Crippen LogP contribution in [-0.4, -0.2) is 39.2 Å². The summed E-state index contributed by atoms with van der Waals surface area (Å²) >= 11 is 0. The van der Waals surface area contributed by atoms with Crippen molar-refractivity contribution in [3.63, 3.8) is 0 Å². The van der Waals surface area contributed by atoms with Crippen LogP contribution in [-0.2, 0) is 10.0 Å². The van der Waals surface area contributed by atoms with Gasteiger partial charge in [0.15, 0.2) is 5.03 Å². The molecule has 1 saturated heterocycles. The van der Waals surface area contributed by atoms with Crippen molar-refractivity contribution >= 4 is 16.2 Å². The molecule has 15 heavy (non-hydrogen) atoms. The number of nitrogens with two attached hydrogens (primary N) is 1. The summed E-state index contributed by atoms with van der Waals surface area (Å²) in [5, 5.41) is -0.0759.